The summed E-state index contributed by atoms with van der Waals surface area (Å²) in [5.74, 6) is 0. The van der Waals surface area contributed by atoms with Gasteiger partial charge in [0.15, 0.2) is 5.11 Å². The summed E-state index contributed by atoms with van der Waals surface area (Å²) in [5.41, 5.74) is 10.7. The van der Waals surface area contributed by atoms with Crippen LogP contribution in [0, 0.1) is 0 Å². The number of nitrogens with zero attached hydrogens (tertiary/aromatic N) is 1. The zero-order chi connectivity index (χ0) is 14.5. The maximum absolute atomic E-state index is 6.01. The molecular formula is C14H11Cl2N3S. The fourth-order valence-corrected chi connectivity index (χ4v) is 1.96. The van der Waals surface area contributed by atoms with Gasteiger partial charge >= 0.3 is 0 Å². The molecule has 0 heterocycles. The Labute approximate surface area is 132 Å². The first-order valence-corrected chi connectivity index (χ1v) is 6.86. The molecular weight excluding hydrogens is 313 g/mol. The van der Waals surface area contributed by atoms with E-state index in [1.54, 1.807) is 12.3 Å². The summed E-state index contributed by atoms with van der Waals surface area (Å²) < 4.78 is 0. The number of hydrogen-bond donors (Lipinski definition) is 2. The summed E-state index contributed by atoms with van der Waals surface area (Å²) in [5, 5.41) is 5.10. The van der Waals surface area contributed by atoms with Crippen LogP contribution in [0.2, 0.25) is 10.0 Å². The second kappa shape index (κ2) is 6.70. The van der Waals surface area contributed by atoms with E-state index in [1.807, 2.05) is 36.4 Å². The van der Waals surface area contributed by atoms with E-state index in [-0.39, 0.29) is 5.11 Å². The fraction of sp³-hybridized carbons (Fsp3) is 0. The van der Waals surface area contributed by atoms with Gasteiger partial charge in [0.05, 0.1) is 16.3 Å². The van der Waals surface area contributed by atoms with Crippen molar-refractivity contribution < 1.29 is 0 Å². The first kappa shape index (κ1) is 14.8. The molecule has 2 aromatic carbocycles. The Morgan fingerprint density at radius 3 is 2.30 bits per heavy atom. The molecule has 3 nitrogen and oxygen atoms in total. The van der Waals surface area contributed by atoms with Crippen LogP contribution in [0.25, 0.3) is 11.1 Å². The lowest BCUT2D eigenvalue weighted by Crippen LogP contribution is -2.23. The van der Waals surface area contributed by atoms with E-state index in [0.717, 1.165) is 16.7 Å². The highest BCUT2D eigenvalue weighted by atomic mass is 35.5. The number of benzene rings is 2. The molecule has 0 aliphatic rings. The molecule has 0 aromatic heterocycles. The summed E-state index contributed by atoms with van der Waals surface area (Å²) in [6, 6.07) is 13.3. The summed E-state index contributed by atoms with van der Waals surface area (Å²) in [6.45, 7) is 0. The summed E-state index contributed by atoms with van der Waals surface area (Å²) >= 11 is 16.6. The first-order valence-electron chi connectivity index (χ1n) is 5.70. The predicted molar refractivity (Wildman–Crippen MR) is 89.4 cm³/mol. The van der Waals surface area contributed by atoms with Crippen molar-refractivity contribution in [2.45, 2.75) is 0 Å². The molecule has 2 aromatic rings. The van der Waals surface area contributed by atoms with Gasteiger partial charge in [-0.1, -0.05) is 53.5 Å². The Hall–Kier alpha value is -1.62. The van der Waals surface area contributed by atoms with E-state index in [9.17, 15) is 0 Å². The van der Waals surface area contributed by atoms with Crippen LogP contribution in [0.15, 0.2) is 47.6 Å². The van der Waals surface area contributed by atoms with Gasteiger partial charge in [0.1, 0.15) is 0 Å². The van der Waals surface area contributed by atoms with Gasteiger partial charge in [-0.3, -0.25) is 5.43 Å². The number of thiocarbonyl (C=S) groups is 1. The van der Waals surface area contributed by atoms with Gasteiger partial charge in [-0.2, -0.15) is 5.10 Å². The van der Waals surface area contributed by atoms with Crippen LogP contribution in [0.4, 0.5) is 0 Å². The molecule has 6 heteroatoms. The van der Waals surface area contributed by atoms with Crippen LogP contribution in [0.1, 0.15) is 5.56 Å². The van der Waals surface area contributed by atoms with Crippen LogP contribution >= 0.6 is 35.4 Å². The Morgan fingerprint density at radius 2 is 1.70 bits per heavy atom. The second-order valence-corrected chi connectivity index (χ2v) is 5.24. The van der Waals surface area contributed by atoms with Crippen molar-refractivity contribution in [1.29, 1.82) is 0 Å². The third kappa shape index (κ3) is 3.93. The maximum Gasteiger partial charge on any atom is 0.184 e. The van der Waals surface area contributed by atoms with E-state index < -0.39 is 0 Å². The molecule has 102 valence electrons. The highest BCUT2D eigenvalue weighted by Crippen LogP contribution is 2.28. The lowest BCUT2D eigenvalue weighted by molar-refractivity contribution is 1.04. The van der Waals surface area contributed by atoms with Crippen LogP contribution in [-0.2, 0) is 0 Å². The van der Waals surface area contributed by atoms with Gasteiger partial charge in [-0.05, 0) is 41.0 Å². The highest BCUT2D eigenvalue weighted by Gasteiger charge is 2.02. The van der Waals surface area contributed by atoms with Crippen molar-refractivity contribution in [2.24, 2.45) is 10.8 Å². The van der Waals surface area contributed by atoms with Gasteiger partial charge in [-0.25, -0.2) is 0 Å². The molecule has 0 amide bonds. The minimum atomic E-state index is 0.133. The zero-order valence-corrected chi connectivity index (χ0v) is 12.6. The number of hydrogen-bond acceptors (Lipinski definition) is 2. The van der Waals surface area contributed by atoms with Crippen molar-refractivity contribution in [3.05, 3.63) is 58.1 Å². The molecule has 0 bridgehead atoms. The molecule has 0 radical (unpaired) electrons. The normalized spacial score (nSPS) is 10.7. The van der Waals surface area contributed by atoms with E-state index >= 15 is 0 Å². The monoisotopic (exact) mass is 323 g/mol. The Balaban J connectivity index is 2.17. The van der Waals surface area contributed by atoms with Crippen LogP contribution in [-0.4, -0.2) is 11.3 Å². The molecule has 0 saturated heterocycles. The number of nitrogens with one attached hydrogen (secondary N) is 1. The number of hydrazone groups is 1. The van der Waals surface area contributed by atoms with Crippen molar-refractivity contribution in [2.75, 3.05) is 0 Å². The molecule has 0 unspecified atom stereocenters. The van der Waals surface area contributed by atoms with E-state index in [0.29, 0.717) is 10.0 Å². The Bertz CT molecular complexity index is 654. The number of nitrogens with two attached hydrogens (primary N) is 1. The Kier molecular flexibility index (Phi) is 4.95. The minimum absolute atomic E-state index is 0.133. The van der Waals surface area contributed by atoms with Crippen LogP contribution in [0.5, 0.6) is 0 Å². The summed E-state index contributed by atoms with van der Waals surface area (Å²) in [4.78, 5) is 0. The van der Waals surface area contributed by atoms with E-state index in [4.69, 9.17) is 28.9 Å². The van der Waals surface area contributed by atoms with Crippen LogP contribution in [0.3, 0.4) is 0 Å². The minimum Gasteiger partial charge on any atom is -0.375 e. The van der Waals surface area contributed by atoms with Crippen molar-refractivity contribution in [1.82, 2.24) is 5.43 Å². The average molecular weight is 324 g/mol. The van der Waals surface area contributed by atoms with Crippen molar-refractivity contribution in [3.8, 4) is 11.1 Å². The van der Waals surface area contributed by atoms with Gasteiger partial charge in [0.25, 0.3) is 0 Å². The number of halogens is 2. The Morgan fingerprint density at radius 1 is 1.05 bits per heavy atom. The second-order valence-electron chi connectivity index (χ2n) is 3.99. The average Bonchev–Trinajstić information content (AvgIpc) is 2.42. The third-order valence-electron chi connectivity index (χ3n) is 2.55. The van der Waals surface area contributed by atoms with Gasteiger partial charge in [0.2, 0.25) is 0 Å². The highest BCUT2D eigenvalue weighted by molar-refractivity contribution is 7.80. The maximum atomic E-state index is 6.01. The standard InChI is InChI=1S/C14H11Cl2N3S/c15-12-6-5-11(7-13(12)16)10-3-1-9(2-4-10)8-18-19-14(17)20/h1-8H,(H3,17,19,20). The molecule has 3 N–H and O–H groups in total. The van der Waals surface area contributed by atoms with Crippen molar-refractivity contribution in [3.63, 3.8) is 0 Å². The molecule has 0 spiro atoms. The van der Waals surface area contributed by atoms with Crippen LogP contribution < -0.4 is 11.2 Å². The SMILES string of the molecule is NC(=S)NN=Cc1ccc(-c2ccc(Cl)c(Cl)c2)cc1. The summed E-state index contributed by atoms with van der Waals surface area (Å²) in [6.07, 6.45) is 1.64. The van der Waals surface area contributed by atoms with E-state index in [2.05, 4.69) is 22.7 Å². The largest absolute Gasteiger partial charge is 0.375 e. The lowest BCUT2D eigenvalue weighted by Gasteiger charge is -2.04. The molecule has 0 saturated carbocycles. The first-order chi connectivity index (χ1) is 9.56. The fourth-order valence-electron chi connectivity index (χ4n) is 1.61. The molecule has 20 heavy (non-hydrogen) atoms. The van der Waals surface area contributed by atoms with Gasteiger partial charge in [-0.15, -0.1) is 0 Å². The topological polar surface area (TPSA) is 50.4 Å². The van der Waals surface area contributed by atoms with Crippen molar-refractivity contribution >= 4 is 46.7 Å². The van der Waals surface area contributed by atoms with Gasteiger partial charge in [0, 0.05) is 0 Å². The predicted octanol–water partition coefficient (Wildman–Crippen LogP) is 3.83. The van der Waals surface area contributed by atoms with E-state index in [1.165, 1.54) is 0 Å². The zero-order valence-electron chi connectivity index (χ0n) is 10.3. The lowest BCUT2D eigenvalue weighted by atomic mass is 10.0. The number of rotatable bonds is 3. The quantitative estimate of drug-likeness (QED) is 0.512. The molecule has 0 aliphatic heterocycles. The molecule has 0 fully saturated rings. The van der Waals surface area contributed by atoms with Gasteiger partial charge < -0.3 is 5.73 Å². The third-order valence-corrected chi connectivity index (χ3v) is 3.38. The molecule has 2 rings (SSSR count). The molecule has 0 aliphatic carbocycles. The summed E-state index contributed by atoms with van der Waals surface area (Å²) in [7, 11) is 0. The smallest absolute Gasteiger partial charge is 0.184 e. The molecule has 0 atom stereocenters.